The number of nitrogens with zero attached hydrogens (tertiary/aromatic N) is 2. The van der Waals surface area contributed by atoms with Gasteiger partial charge in [0.1, 0.15) is 0 Å². The van der Waals surface area contributed by atoms with E-state index in [9.17, 15) is 4.79 Å². The van der Waals surface area contributed by atoms with E-state index in [1.165, 1.54) is 5.56 Å². The standard InChI is InChI=1S/C18H21N3O/c1-20(2)16-11-12-21(17-6-4-3-5-15(16)17)18(22)13-7-9-14(19)10-8-13/h3-10,16H,11-12,19H2,1-2H3. The van der Waals surface area contributed by atoms with Crippen molar-refractivity contribution >= 4 is 17.3 Å². The molecule has 0 aliphatic carbocycles. The molecule has 0 saturated carbocycles. The van der Waals surface area contributed by atoms with Crippen LogP contribution in [0.2, 0.25) is 0 Å². The molecule has 0 saturated heterocycles. The fourth-order valence-electron chi connectivity index (χ4n) is 3.07. The summed E-state index contributed by atoms with van der Waals surface area (Å²) in [5, 5.41) is 0. The number of anilines is 2. The van der Waals surface area contributed by atoms with Crippen LogP contribution < -0.4 is 10.6 Å². The average molecular weight is 295 g/mol. The summed E-state index contributed by atoms with van der Waals surface area (Å²) in [4.78, 5) is 16.9. The molecule has 22 heavy (non-hydrogen) atoms. The fourth-order valence-corrected chi connectivity index (χ4v) is 3.07. The van der Waals surface area contributed by atoms with Gasteiger partial charge in [0.05, 0.1) is 0 Å². The van der Waals surface area contributed by atoms with Gasteiger partial charge in [0.2, 0.25) is 0 Å². The number of nitrogen functional groups attached to an aromatic ring is 1. The van der Waals surface area contributed by atoms with Gasteiger partial charge in [-0.15, -0.1) is 0 Å². The minimum atomic E-state index is 0.0321. The number of nitrogens with two attached hydrogens (primary N) is 1. The van der Waals surface area contributed by atoms with Crippen molar-refractivity contribution in [3.05, 3.63) is 59.7 Å². The number of hydrogen-bond donors (Lipinski definition) is 1. The first kappa shape index (κ1) is 14.6. The number of amides is 1. The normalized spacial score (nSPS) is 17.4. The number of benzene rings is 2. The molecule has 2 aromatic rings. The summed E-state index contributed by atoms with van der Waals surface area (Å²) in [6.07, 6.45) is 0.935. The number of hydrogen-bond acceptors (Lipinski definition) is 3. The summed E-state index contributed by atoms with van der Waals surface area (Å²) in [7, 11) is 4.16. The summed E-state index contributed by atoms with van der Waals surface area (Å²) in [6.45, 7) is 0.725. The van der Waals surface area contributed by atoms with Crippen molar-refractivity contribution in [3.63, 3.8) is 0 Å². The zero-order valence-electron chi connectivity index (χ0n) is 13.0. The largest absolute Gasteiger partial charge is 0.399 e. The molecule has 0 aromatic heterocycles. The molecule has 3 rings (SSSR count). The highest BCUT2D eigenvalue weighted by Gasteiger charge is 2.29. The van der Waals surface area contributed by atoms with E-state index in [0.717, 1.165) is 18.7 Å². The van der Waals surface area contributed by atoms with Crippen LogP contribution in [0.25, 0.3) is 0 Å². The molecule has 1 amide bonds. The average Bonchev–Trinajstić information content (AvgIpc) is 2.53. The van der Waals surface area contributed by atoms with Crippen LogP contribution in [0.15, 0.2) is 48.5 Å². The van der Waals surface area contributed by atoms with Crippen molar-refractivity contribution < 1.29 is 4.79 Å². The van der Waals surface area contributed by atoms with Crippen LogP contribution in [-0.2, 0) is 0 Å². The van der Waals surface area contributed by atoms with Gasteiger partial charge in [0, 0.05) is 29.5 Å². The van der Waals surface area contributed by atoms with E-state index in [1.54, 1.807) is 24.3 Å². The molecule has 4 heteroatoms. The zero-order valence-corrected chi connectivity index (χ0v) is 13.0. The van der Waals surface area contributed by atoms with Gasteiger partial charge in [-0.3, -0.25) is 4.79 Å². The van der Waals surface area contributed by atoms with Crippen LogP contribution in [0.5, 0.6) is 0 Å². The highest BCUT2D eigenvalue weighted by atomic mass is 16.2. The molecule has 4 nitrogen and oxygen atoms in total. The van der Waals surface area contributed by atoms with Crippen LogP contribution >= 0.6 is 0 Å². The topological polar surface area (TPSA) is 49.6 Å². The Labute approximate surface area is 131 Å². The number of rotatable bonds is 2. The smallest absolute Gasteiger partial charge is 0.258 e. The van der Waals surface area contributed by atoms with Crippen LogP contribution in [0.1, 0.15) is 28.4 Å². The monoisotopic (exact) mass is 295 g/mol. The maximum absolute atomic E-state index is 12.8. The van der Waals surface area contributed by atoms with Crippen LogP contribution in [0.4, 0.5) is 11.4 Å². The maximum atomic E-state index is 12.8. The van der Waals surface area contributed by atoms with Gasteiger partial charge in [-0.1, -0.05) is 18.2 Å². The van der Waals surface area contributed by atoms with E-state index in [4.69, 9.17) is 5.73 Å². The Kier molecular flexibility index (Phi) is 3.86. The van der Waals surface area contributed by atoms with Crippen molar-refractivity contribution in [1.82, 2.24) is 4.90 Å². The second-order valence-corrected chi connectivity index (χ2v) is 5.91. The molecular weight excluding hydrogens is 274 g/mol. The molecule has 1 unspecified atom stereocenters. The maximum Gasteiger partial charge on any atom is 0.258 e. The van der Waals surface area contributed by atoms with E-state index in [-0.39, 0.29) is 5.91 Å². The zero-order chi connectivity index (χ0) is 15.7. The molecule has 0 spiro atoms. The van der Waals surface area contributed by atoms with Gasteiger partial charge in [-0.05, 0) is 56.4 Å². The first-order valence-corrected chi connectivity index (χ1v) is 7.50. The van der Waals surface area contributed by atoms with E-state index in [2.05, 4.69) is 25.1 Å². The second kappa shape index (κ2) is 5.81. The second-order valence-electron chi connectivity index (χ2n) is 5.91. The summed E-state index contributed by atoms with van der Waals surface area (Å²) >= 11 is 0. The summed E-state index contributed by atoms with van der Waals surface area (Å²) in [5.74, 6) is 0.0321. The molecule has 0 radical (unpaired) electrons. The fraction of sp³-hybridized carbons (Fsp3) is 0.278. The van der Waals surface area contributed by atoms with Crippen molar-refractivity contribution in [2.24, 2.45) is 0 Å². The predicted octanol–water partition coefficient (Wildman–Crippen LogP) is 2.92. The van der Waals surface area contributed by atoms with Crippen molar-refractivity contribution in [1.29, 1.82) is 0 Å². The summed E-state index contributed by atoms with van der Waals surface area (Å²) in [5.41, 5.74) is 9.27. The predicted molar refractivity (Wildman–Crippen MR) is 90.0 cm³/mol. The van der Waals surface area contributed by atoms with E-state index in [1.807, 2.05) is 23.1 Å². The Morgan fingerprint density at radius 3 is 2.50 bits per heavy atom. The molecule has 1 aliphatic rings. The van der Waals surface area contributed by atoms with Crippen molar-refractivity contribution in [2.75, 3.05) is 31.3 Å². The molecule has 1 atom stereocenters. The lowest BCUT2D eigenvalue weighted by atomic mass is 9.95. The third kappa shape index (κ3) is 2.57. The Hall–Kier alpha value is -2.33. The van der Waals surface area contributed by atoms with E-state index in [0.29, 0.717) is 17.3 Å². The third-order valence-electron chi connectivity index (χ3n) is 4.24. The van der Waals surface area contributed by atoms with Crippen LogP contribution in [-0.4, -0.2) is 31.4 Å². The number of para-hydroxylation sites is 1. The molecule has 114 valence electrons. The van der Waals surface area contributed by atoms with Gasteiger partial charge in [-0.2, -0.15) is 0 Å². The molecule has 1 aliphatic heterocycles. The lowest BCUT2D eigenvalue weighted by Crippen LogP contribution is -2.39. The number of carbonyl (C=O) groups excluding carboxylic acids is 1. The first-order valence-electron chi connectivity index (χ1n) is 7.50. The summed E-state index contributed by atoms with van der Waals surface area (Å²) in [6, 6.07) is 15.6. The quantitative estimate of drug-likeness (QED) is 0.867. The van der Waals surface area contributed by atoms with Gasteiger partial charge in [0.25, 0.3) is 5.91 Å². The van der Waals surface area contributed by atoms with E-state index >= 15 is 0 Å². The molecule has 2 N–H and O–H groups in total. The minimum absolute atomic E-state index is 0.0321. The lowest BCUT2D eigenvalue weighted by Gasteiger charge is -2.37. The number of carbonyl (C=O) groups is 1. The van der Waals surface area contributed by atoms with Gasteiger partial charge in [0.15, 0.2) is 0 Å². The lowest BCUT2D eigenvalue weighted by molar-refractivity contribution is 0.0980. The van der Waals surface area contributed by atoms with Gasteiger partial charge >= 0.3 is 0 Å². The van der Waals surface area contributed by atoms with Crippen molar-refractivity contribution in [2.45, 2.75) is 12.5 Å². The molecule has 0 fully saturated rings. The molecule has 0 bridgehead atoms. The minimum Gasteiger partial charge on any atom is -0.399 e. The highest BCUT2D eigenvalue weighted by Crippen LogP contribution is 2.36. The summed E-state index contributed by atoms with van der Waals surface area (Å²) < 4.78 is 0. The molecular formula is C18H21N3O. The Bertz CT molecular complexity index is 679. The van der Waals surface area contributed by atoms with Crippen LogP contribution in [0.3, 0.4) is 0 Å². The SMILES string of the molecule is CN(C)C1CCN(C(=O)c2ccc(N)cc2)c2ccccc21. The Balaban J connectivity index is 1.96. The Morgan fingerprint density at radius 1 is 1.14 bits per heavy atom. The first-order chi connectivity index (χ1) is 10.6. The third-order valence-corrected chi connectivity index (χ3v) is 4.24. The Morgan fingerprint density at radius 2 is 1.82 bits per heavy atom. The van der Waals surface area contributed by atoms with E-state index < -0.39 is 0 Å². The van der Waals surface area contributed by atoms with Crippen LogP contribution in [0, 0.1) is 0 Å². The molecule has 2 aromatic carbocycles. The number of fused-ring (bicyclic) bond motifs is 1. The highest BCUT2D eigenvalue weighted by molar-refractivity contribution is 6.07. The van der Waals surface area contributed by atoms with Crippen molar-refractivity contribution in [3.8, 4) is 0 Å². The van der Waals surface area contributed by atoms with Gasteiger partial charge in [-0.25, -0.2) is 0 Å². The molecule has 1 heterocycles. The van der Waals surface area contributed by atoms with Gasteiger partial charge < -0.3 is 15.5 Å².